The molecular formula is C32H34FN9O3. The molecule has 0 radical (unpaired) electrons. The molecule has 2 aromatic heterocycles. The third-order valence-electron chi connectivity index (χ3n) is 8.75. The Balaban J connectivity index is 1.11. The van der Waals surface area contributed by atoms with Crippen molar-refractivity contribution >= 4 is 40.0 Å². The van der Waals surface area contributed by atoms with Crippen LogP contribution < -0.4 is 21.5 Å². The van der Waals surface area contributed by atoms with Gasteiger partial charge < -0.3 is 30.2 Å². The van der Waals surface area contributed by atoms with Crippen molar-refractivity contribution in [2.45, 2.75) is 37.6 Å². The zero-order chi connectivity index (χ0) is 31.1. The van der Waals surface area contributed by atoms with E-state index < -0.39 is 5.82 Å². The van der Waals surface area contributed by atoms with Gasteiger partial charge >= 0.3 is 0 Å². The molecule has 1 amide bonds. The van der Waals surface area contributed by atoms with Gasteiger partial charge in [-0.05, 0) is 78.9 Å². The van der Waals surface area contributed by atoms with E-state index in [9.17, 15) is 9.59 Å². The van der Waals surface area contributed by atoms with E-state index in [0.717, 1.165) is 31.2 Å². The summed E-state index contributed by atoms with van der Waals surface area (Å²) in [6, 6.07) is 12.0. The minimum Gasteiger partial charge on any atom is -0.382 e. The van der Waals surface area contributed by atoms with Crippen LogP contribution in [0.4, 0.5) is 21.8 Å². The largest absolute Gasteiger partial charge is 0.382 e. The number of fused-ring (bicyclic) bond motifs is 1. The molecule has 45 heavy (non-hydrogen) atoms. The quantitative estimate of drug-likeness (QED) is 0.210. The first-order valence-electron chi connectivity index (χ1n) is 15.3. The van der Waals surface area contributed by atoms with Crippen molar-refractivity contribution in [1.82, 2.24) is 24.6 Å². The van der Waals surface area contributed by atoms with Crippen molar-refractivity contribution < 1.29 is 13.9 Å². The number of anilines is 3. The highest BCUT2D eigenvalue weighted by atomic mass is 19.1. The molecule has 2 saturated heterocycles. The van der Waals surface area contributed by atoms with Gasteiger partial charge in [0, 0.05) is 43.6 Å². The molecule has 1 atom stereocenters. The van der Waals surface area contributed by atoms with Crippen LogP contribution in [0.2, 0.25) is 0 Å². The minimum absolute atomic E-state index is 0.0591. The van der Waals surface area contributed by atoms with Crippen LogP contribution in [0.3, 0.4) is 0 Å². The number of amidine groups is 1. The average Bonchev–Trinajstić information content (AvgIpc) is 3.91. The van der Waals surface area contributed by atoms with Gasteiger partial charge in [-0.15, -0.1) is 10.2 Å². The number of halogens is 1. The summed E-state index contributed by atoms with van der Waals surface area (Å²) >= 11 is 0. The van der Waals surface area contributed by atoms with Gasteiger partial charge in [0.2, 0.25) is 5.95 Å². The number of nitrogens with zero attached hydrogens (tertiary/aromatic N) is 6. The Kier molecular flexibility index (Phi) is 7.61. The van der Waals surface area contributed by atoms with Crippen molar-refractivity contribution in [1.29, 1.82) is 5.41 Å². The second-order valence-corrected chi connectivity index (χ2v) is 11.8. The topological polar surface area (TPSA) is 155 Å². The zero-order valence-electron chi connectivity index (χ0n) is 24.7. The number of carbonyl (C=O) groups is 1. The number of hydrogen-bond acceptors (Lipinski definition) is 9. The highest BCUT2D eigenvalue weighted by Gasteiger charge is 2.28. The first-order chi connectivity index (χ1) is 21.9. The third-order valence-corrected chi connectivity index (χ3v) is 8.75. The van der Waals surface area contributed by atoms with Crippen LogP contribution in [0.25, 0.3) is 10.8 Å². The Morgan fingerprint density at radius 3 is 2.56 bits per heavy atom. The van der Waals surface area contributed by atoms with E-state index in [4.69, 9.17) is 15.9 Å². The lowest BCUT2D eigenvalue weighted by molar-refractivity contribution is 0.0303. The van der Waals surface area contributed by atoms with Crippen molar-refractivity contribution in [3.05, 3.63) is 81.7 Å². The lowest BCUT2D eigenvalue weighted by Crippen LogP contribution is -2.41. The van der Waals surface area contributed by atoms with Crippen molar-refractivity contribution in [2.75, 3.05) is 49.6 Å². The standard InChI is InChI=1S/C32H34FN9O3/c33-25-17-22(19-3-4-19)16-21-9-11-42(31(44)26(21)25)24-2-1-10-41(18-24)32-37-29(27(28(34)35)38-39-32)36-23-7-5-20(6-8-23)30(43)40-12-14-45-15-13-40/h5-9,11,16-17,19,24H,1-4,10,12-15,18H2,(H3,34,35)(H,36,37,39)/t24-/m1/s1. The van der Waals surface area contributed by atoms with Gasteiger partial charge in [0.05, 0.1) is 24.6 Å². The summed E-state index contributed by atoms with van der Waals surface area (Å²) in [4.78, 5) is 34.7. The number of carbonyl (C=O) groups excluding carboxylic acids is 1. The van der Waals surface area contributed by atoms with E-state index in [1.54, 1.807) is 39.9 Å². The van der Waals surface area contributed by atoms with E-state index in [-0.39, 0.29) is 40.2 Å². The maximum absolute atomic E-state index is 15.1. The lowest BCUT2D eigenvalue weighted by Gasteiger charge is -2.33. The molecule has 7 rings (SSSR count). The van der Waals surface area contributed by atoms with Gasteiger partial charge in [0.15, 0.2) is 11.5 Å². The summed E-state index contributed by atoms with van der Waals surface area (Å²) in [7, 11) is 0. The van der Waals surface area contributed by atoms with Crippen molar-refractivity contribution in [3.63, 3.8) is 0 Å². The van der Waals surface area contributed by atoms with E-state index in [0.29, 0.717) is 67.9 Å². The summed E-state index contributed by atoms with van der Waals surface area (Å²) in [5.74, 6) is 0.136. The van der Waals surface area contributed by atoms with Crippen LogP contribution in [-0.4, -0.2) is 75.8 Å². The highest BCUT2D eigenvalue weighted by Crippen LogP contribution is 2.41. The first kappa shape index (κ1) is 28.8. The lowest BCUT2D eigenvalue weighted by atomic mass is 10.0. The fourth-order valence-electron chi connectivity index (χ4n) is 6.17. The molecule has 13 heteroatoms. The van der Waals surface area contributed by atoms with Crippen LogP contribution in [0.1, 0.15) is 59.3 Å². The molecule has 1 aliphatic carbocycles. The molecule has 0 bridgehead atoms. The Morgan fingerprint density at radius 2 is 1.82 bits per heavy atom. The van der Waals surface area contributed by atoms with Crippen LogP contribution in [0.5, 0.6) is 0 Å². The molecule has 4 N–H and O–H groups in total. The molecule has 1 saturated carbocycles. The predicted molar refractivity (Wildman–Crippen MR) is 168 cm³/mol. The predicted octanol–water partition coefficient (Wildman–Crippen LogP) is 3.54. The molecule has 232 valence electrons. The van der Waals surface area contributed by atoms with Crippen molar-refractivity contribution in [3.8, 4) is 0 Å². The van der Waals surface area contributed by atoms with Gasteiger partial charge in [-0.3, -0.25) is 15.0 Å². The number of nitrogens with one attached hydrogen (secondary N) is 2. The van der Waals surface area contributed by atoms with Gasteiger partial charge in [-0.25, -0.2) is 4.39 Å². The molecule has 12 nitrogen and oxygen atoms in total. The van der Waals surface area contributed by atoms with Gasteiger partial charge in [0.1, 0.15) is 11.7 Å². The second kappa shape index (κ2) is 11.9. The SMILES string of the molecule is N=C(N)c1nnc(N2CCC[C@@H](n3ccc4cc(C5CC5)cc(F)c4c3=O)C2)nc1Nc1ccc(C(=O)N2CCOCC2)cc1. The number of ether oxygens (including phenoxy) is 1. The number of nitrogen functional groups attached to an aromatic ring is 1. The Morgan fingerprint density at radius 1 is 1.04 bits per heavy atom. The summed E-state index contributed by atoms with van der Waals surface area (Å²) in [6.07, 6.45) is 5.38. The number of hydrogen-bond donors (Lipinski definition) is 3. The summed E-state index contributed by atoms with van der Waals surface area (Å²) < 4.78 is 22.1. The number of aromatic nitrogens is 4. The maximum atomic E-state index is 15.1. The van der Waals surface area contributed by atoms with Crippen LogP contribution in [0.15, 0.2) is 53.5 Å². The number of piperidine rings is 1. The summed E-state index contributed by atoms with van der Waals surface area (Å²) in [5.41, 5.74) is 7.70. The number of benzene rings is 2. The van der Waals surface area contributed by atoms with Crippen LogP contribution in [0, 0.1) is 11.2 Å². The number of rotatable bonds is 7. The fourth-order valence-corrected chi connectivity index (χ4v) is 6.17. The van der Waals surface area contributed by atoms with E-state index in [1.165, 1.54) is 6.07 Å². The normalized spacial score (nSPS) is 18.6. The van der Waals surface area contributed by atoms with E-state index in [1.807, 2.05) is 17.0 Å². The Bertz CT molecular complexity index is 1830. The molecule has 3 fully saturated rings. The molecule has 4 aromatic rings. The molecule has 2 aliphatic heterocycles. The molecular weight excluding hydrogens is 577 g/mol. The van der Waals surface area contributed by atoms with Crippen molar-refractivity contribution in [2.24, 2.45) is 5.73 Å². The molecule has 0 unspecified atom stereocenters. The second-order valence-electron chi connectivity index (χ2n) is 11.8. The van der Waals surface area contributed by atoms with Crippen LogP contribution in [-0.2, 0) is 4.74 Å². The number of nitrogens with two attached hydrogens (primary N) is 1. The molecule has 3 aliphatic rings. The minimum atomic E-state index is -0.469. The Labute approximate surface area is 258 Å². The van der Waals surface area contributed by atoms with Gasteiger partial charge in [0.25, 0.3) is 11.5 Å². The summed E-state index contributed by atoms with van der Waals surface area (Å²) in [5, 5.41) is 20.4. The maximum Gasteiger partial charge on any atom is 0.261 e. The van der Waals surface area contributed by atoms with E-state index >= 15 is 4.39 Å². The van der Waals surface area contributed by atoms with Gasteiger partial charge in [-0.1, -0.05) is 6.07 Å². The number of morpholine rings is 1. The Hall–Kier alpha value is -4.91. The highest BCUT2D eigenvalue weighted by molar-refractivity contribution is 5.98. The van der Waals surface area contributed by atoms with Gasteiger partial charge in [-0.2, -0.15) is 4.98 Å². The number of amides is 1. The zero-order valence-corrected chi connectivity index (χ0v) is 24.7. The number of pyridine rings is 1. The van der Waals surface area contributed by atoms with Crippen LogP contribution >= 0.6 is 0 Å². The molecule has 4 heterocycles. The monoisotopic (exact) mass is 611 g/mol. The first-order valence-corrected chi connectivity index (χ1v) is 15.3. The third kappa shape index (κ3) is 5.82. The summed E-state index contributed by atoms with van der Waals surface area (Å²) in [6.45, 7) is 3.22. The fraction of sp³-hybridized carbons (Fsp3) is 0.375. The average molecular weight is 612 g/mol. The molecule has 2 aromatic carbocycles. The van der Waals surface area contributed by atoms with E-state index in [2.05, 4.69) is 20.5 Å². The molecule has 0 spiro atoms. The smallest absolute Gasteiger partial charge is 0.261 e.